The molecule has 1 aromatic rings. The van der Waals surface area contributed by atoms with Crippen LogP contribution >= 0.6 is 0 Å². The van der Waals surface area contributed by atoms with E-state index in [1.165, 1.54) is 0 Å². The number of nitrogen functional groups attached to an aromatic ring is 1. The highest BCUT2D eigenvalue weighted by atomic mass is 16.5. The molecule has 5 heteroatoms. The van der Waals surface area contributed by atoms with Crippen molar-refractivity contribution in [3.63, 3.8) is 0 Å². The highest BCUT2D eigenvalue weighted by Crippen LogP contribution is 2.22. The number of carbonyl (C=O) groups excluding carboxylic acids is 1. The molecule has 1 rings (SSSR count). The number of nitriles is 1. The number of carbonyl (C=O) groups is 1. The summed E-state index contributed by atoms with van der Waals surface area (Å²) in [5.41, 5.74) is 7.53. The summed E-state index contributed by atoms with van der Waals surface area (Å²) in [5.74, 6) is -0.527. The van der Waals surface area contributed by atoms with E-state index in [0.29, 0.717) is 17.7 Å². The lowest BCUT2D eigenvalue weighted by Gasteiger charge is -2.16. The van der Waals surface area contributed by atoms with Crippen LogP contribution in [0.15, 0.2) is 18.2 Å². The van der Waals surface area contributed by atoms with E-state index < -0.39 is 12.1 Å². The minimum absolute atomic E-state index is 0.354. The van der Waals surface area contributed by atoms with Crippen LogP contribution in [0.5, 0.6) is 0 Å². The summed E-state index contributed by atoms with van der Waals surface area (Å²) in [4.78, 5) is 13.6. The van der Waals surface area contributed by atoms with Gasteiger partial charge in [0.2, 0.25) is 0 Å². The van der Waals surface area contributed by atoms with Crippen molar-refractivity contribution in [1.29, 1.82) is 5.26 Å². The van der Waals surface area contributed by atoms with Crippen LogP contribution in [0.25, 0.3) is 0 Å². The Hall–Kier alpha value is -2.22. The molecule has 0 radical (unpaired) electrons. The monoisotopic (exact) mass is 247 g/mol. The lowest BCUT2D eigenvalue weighted by atomic mass is 10.1. The van der Waals surface area contributed by atoms with Gasteiger partial charge < -0.3 is 15.4 Å². The third-order valence-electron chi connectivity index (χ3n) is 2.51. The van der Waals surface area contributed by atoms with Gasteiger partial charge in [-0.05, 0) is 24.6 Å². The maximum absolute atomic E-state index is 11.8. The SMILES string of the molecule is CCC(C#N)OC(=O)c1ccc(N(C)C)c(N)c1. The van der Waals surface area contributed by atoms with Crippen LogP contribution in [0.2, 0.25) is 0 Å². The first-order valence-electron chi connectivity index (χ1n) is 5.67. The van der Waals surface area contributed by atoms with Crippen molar-refractivity contribution in [3.8, 4) is 6.07 Å². The second-order valence-electron chi connectivity index (χ2n) is 4.10. The number of benzene rings is 1. The fraction of sp³-hybridized carbons (Fsp3) is 0.385. The van der Waals surface area contributed by atoms with Gasteiger partial charge in [0.15, 0.2) is 6.10 Å². The van der Waals surface area contributed by atoms with E-state index >= 15 is 0 Å². The van der Waals surface area contributed by atoms with Gasteiger partial charge in [-0.15, -0.1) is 0 Å². The minimum Gasteiger partial charge on any atom is -0.443 e. The zero-order valence-electron chi connectivity index (χ0n) is 10.8. The summed E-state index contributed by atoms with van der Waals surface area (Å²) < 4.78 is 5.02. The van der Waals surface area contributed by atoms with Crippen LogP contribution in [0.3, 0.4) is 0 Å². The first kappa shape index (κ1) is 13.8. The van der Waals surface area contributed by atoms with Crippen molar-refractivity contribution in [2.45, 2.75) is 19.4 Å². The average Bonchev–Trinajstić information content (AvgIpc) is 2.34. The first-order valence-corrected chi connectivity index (χ1v) is 5.67. The molecular formula is C13H17N3O2. The van der Waals surface area contributed by atoms with E-state index in [1.807, 2.05) is 25.1 Å². The Balaban J connectivity index is 2.89. The molecule has 1 atom stereocenters. The van der Waals surface area contributed by atoms with Crippen molar-refractivity contribution in [2.24, 2.45) is 0 Å². The molecule has 0 aliphatic heterocycles. The maximum atomic E-state index is 11.8. The van der Waals surface area contributed by atoms with Crippen LogP contribution in [-0.2, 0) is 4.74 Å². The topological polar surface area (TPSA) is 79.3 Å². The Morgan fingerprint density at radius 1 is 1.56 bits per heavy atom. The van der Waals surface area contributed by atoms with Gasteiger partial charge in [0, 0.05) is 14.1 Å². The molecule has 0 saturated heterocycles. The van der Waals surface area contributed by atoms with E-state index in [0.717, 1.165) is 5.69 Å². The van der Waals surface area contributed by atoms with Gasteiger partial charge in [-0.3, -0.25) is 0 Å². The largest absolute Gasteiger partial charge is 0.443 e. The molecule has 0 aliphatic carbocycles. The fourth-order valence-electron chi connectivity index (χ4n) is 1.49. The van der Waals surface area contributed by atoms with E-state index in [2.05, 4.69) is 0 Å². The lowest BCUT2D eigenvalue weighted by molar-refractivity contribution is 0.0401. The van der Waals surface area contributed by atoms with Gasteiger partial charge in [-0.25, -0.2) is 4.79 Å². The molecule has 0 bridgehead atoms. The molecule has 18 heavy (non-hydrogen) atoms. The molecule has 0 saturated carbocycles. The number of hydrogen-bond acceptors (Lipinski definition) is 5. The molecule has 5 nitrogen and oxygen atoms in total. The van der Waals surface area contributed by atoms with Crippen LogP contribution < -0.4 is 10.6 Å². The van der Waals surface area contributed by atoms with Gasteiger partial charge in [-0.1, -0.05) is 6.92 Å². The summed E-state index contributed by atoms with van der Waals surface area (Å²) in [7, 11) is 3.74. The minimum atomic E-state index is -0.716. The van der Waals surface area contributed by atoms with Crippen molar-refractivity contribution in [3.05, 3.63) is 23.8 Å². The molecule has 0 aromatic heterocycles. The normalized spacial score (nSPS) is 11.4. The highest BCUT2D eigenvalue weighted by molar-refractivity contribution is 5.92. The summed E-state index contributed by atoms with van der Waals surface area (Å²) in [5, 5.41) is 8.73. The van der Waals surface area contributed by atoms with Crippen LogP contribution in [0.1, 0.15) is 23.7 Å². The predicted octanol–water partition coefficient (Wildman–Crippen LogP) is 1.79. The quantitative estimate of drug-likeness (QED) is 0.648. The Kier molecular flexibility index (Phi) is 4.55. The number of ether oxygens (including phenoxy) is 1. The molecule has 0 heterocycles. The van der Waals surface area contributed by atoms with Gasteiger partial charge in [0.05, 0.1) is 16.9 Å². The van der Waals surface area contributed by atoms with E-state index in [-0.39, 0.29) is 0 Å². The Morgan fingerprint density at radius 3 is 2.67 bits per heavy atom. The third-order valence-corrected chi connectivity index (χ3v) is 2.51. The smallest absolute Gasteiger partial charge is 0.339 e. The second kappa shape index (κ2) is 5.92. The van der Waals surface area contributed by atoms with Gasteiger partial charge in [-0.2, -0.15) is 5.26 Å². The molecule has 0 aliphatic rings. The van der Waals surface area contributed by atoms with Gasteiger partial charge in [0.25, 0.3) is 0 Å². The summed E-state index contributed by atoms with van der Waals surface area (Å²) in [6.45, 7) is 1.78. The van der Waals surface area contributed by atoms with Crippen LogP contribution in [0.4, 0.5) is 11.4 Å². The molecule has 0 fully saturated rings. The zero-order chi connectivity index (χ0) is 13.7. The number of hydrogen-bond donors (Lipinski definition) is 1. The molecule has 96 valence electrons. The highest BCUT2D eigenvalue weighted by Gasteiger charge is 2.15. The number of nitrogens with zero attached hydrogens (tertiary/aromatic N) is 2. The summed E-state index contributed by atoms with van der Waals surface area (Å²) in [6, 6.07) is 6.86. The first-order chi connectivity index (χ1) is 8.49. The summed E-state index contributed by atoms with van der Waals surface area (Å²) in [6.07, 6.45) is -0.250. The molecule has 1 unspecified atom stereocenters. The van der Waals surface area contributed by atoms with Crippen molar-refractivity contribution >= 4 is 17.3 Å². The van der Waals surface area contributed by atoms with Crippen molar-refractivity contribution < 1.29 is 9.53 Å². The second-order valence-corrected chi connectivity index (χ2v) is 4.10. The number of nitrogens with two attached hydrogens (primary N) is 1. The van der Waals surface area contributed by atoms with Crippen LogP contribution in [-0.4, -0.2) is 26.2 Å². The average molecular weight is 247 g/mol. The van der Waals surface area contributed by atoms with Gasteiger partial charge in [0.1, 0.15) is 6.07 Å². The standard InChI is InChI=1S/C13H17N3O2/c1-4-10(8-14)18-13(17)9-5-6-12(16(2)3)11(15)7-9/h5-7,10H,4,15H2,1-3H3. The molecular weight excluding hydrogens is 230 g/mol. The van der Waals surface area contributed by atoms with Crippen molar-refractivity contribution in [2.75, 3.05) is 24.7 Å². The van der Waals surface area contributed by atoms with E-state index in [4.69, 9.17) is 15.7 Å². The van der Waals surface area contributed by atoms with Gasteiger partial charge >= 0.3 is 5.97 Å². The Morgan fingerprint density at radius 2 is 2.22 bits per heavy atom. The lowest BCUT2D eigenvalue weighted by Crippen LogP contribution is -2.16. The van der Waals surface area contributed by atoms with E-state index in [1.54, 1.807) is 25.1 Å². The molecule has 1 aromatic carbocycles. The molecule has 2 N–H and O–H groups in total. The third kappa shape index (κ3) is 3.14. The fourth-order valence-corrected chi connectivity index (χ4v) is 1.49. The number of esters is 1. The molecule has 0 amide bonds. The van der Waals surface area contributed by atoms with Crippen molar-refractivity contribution in [1.82, 2.24) is 0 Å². The number of rotatable bonds is 4. The predicted molar refractivity (Wildman–Crippen MR) is 70.3 cm³/mol. The molecule has 0 spiro atoms. The Labute approximate surface area is 107 Å². The number of anilines is 2. The zero-order valence-corrected chi connectivity index (χ0v) is 10.8. The van der Waals surface area contributed by atoms with Crippen LogP contribution in [0, 0.1) is 11.3 Å². The van der Waals surface area contributed by atoms with E-state index in [9.17, 15) is 4.79 Å². The maximum Gasteiger partial charge on any atom is 0.339 e. The summed E-state index contributed by atoms with van der Waals surface area (Å²) >= 11 is 0. The Bertz CT molecular complexity index is 478.